The van der Waals surface area contributed by atoms with Crippen molar-refractivity contribution in [2.75, 3.05) is 0 Å². The molecule has 5 nitrogen and oxygen atoms in total. The molecule has 0 aromatic rings. The van der Waals surface area contributed by atoms with Gasteiger partial charge in [0.2, 0.25) is 5.91 Å². The number of carboxylic acid groups (broad SMARTS) is 1. The first-order chi connectivity index (χ1) is 8.53. The van der Waals surface area contributed by atoms with Crippen LogP contribution in [-0.2, 0) is 9.59 Å². The number of rotatable bonds is 4. The van der Waals surface area contributed by atoms with Crippen molar-refractivity contribution in [3.05, 3.63) is 0 Å². The largest absolute Gasteiger partial charge is 0.480 e. The average molecular weight is 254 g/mol. The van der Waals surface area contributed by atoms with Crippen LogP contribution in [0.4, 0.5) is 0 Å². The lowest BCUT2D eigenvalue weighted by Gasteiger charge is -2.38. The van der Waals surface area contributed by atoms with E-state index in [2.05, 4.69) is 5.32 Å². The number of hydrogen-bond donors (Lipinski definition) is 3. The van der Waals surface area contributed by atoms with Crippen LogP contribution in [0.5, 0.6) is 0 Å². The SMILES string of the molecule is NC1(C(=O)NC(C(=O)O)C2CCCCC2)CCC1. The van der Waals surface area contributed by atoms with Crippen LogP contribution in [-0.4, -0.2) is 28.6 Å². The molecule has 2 aliphatic carbocycles. The van der Waals surface area contributed by atoms with Gasteiger partial charge in [0.1, 0.15) is 6.04 Å². The summed E-state index contributed by atoms with van der Waals surface area (Å²) in [5.74, 6) is -1.16. The molecule has 0 aromatic carbocycles. The van der Waals surface area contributed by atoms with Crippen molar-refractivity contribution in [2.45, 2.75) is 62.9 Å². The summed E-state index contributed by atoms with van der Waals surface area (Å²) in [6, 6.07) is -0.765. The van der Waals surface area contributed by atoms with E-state index in [1.165, 1.54) is 0 Å². The van der Waals surface area contributed by atoms with E-state index in [4.69, 9.17) is 5.73 Å². The number of nitrogens with one attached hydrogen (secondary N) is 1. The van der Waals surface area contributed by atoms with Gasteiger partial charge in [-0.1, -0.05) is 19.3 Å². The summed E-state index contributed by atoms with van der Waals surface area (Å²) in [7, 11) is 0. The second kappa shape index (κ2) is 5.26. The lowest BCUT2D eigenvalue weighted by Crippen LogP contribution is -2.62. The van der Waals surface area contributed by atoms with Crippen LogP contribution in [0.2, 0.25) is 0 Å². The molecule has 5 heteroatoms. The van der Waals surface area contributed by atoms with Gasteiger partial charge in [0.25, 0.3) is 0 Å². The lowest BCUT2D eigenvalue weighted by molar-refractivity contribution is -0.145. The Hall–Kier alpha value is -1.10. The van der Waals surface area contributed by atoms with Crippen LogP contribution in [0.25, 0.3) is 0 Å². The number of amides is 1. The molecule has 0 spiro atoms. The zero-order valence-electron chi connectivity index (χ0n) is 10.7. The highest BCUT2D eigenvalue weighted by Gasteiger charge is 2.42. The zero-order valence-corrected chi connectivity index (χ0v) is 10.7. The molecule has 2 saturated carbocycles. The van der Waals surface area contributed by atoms with E-state index in [0.29, 0.717) is 12.8 Å². The maximum absolute atomic E-state index is 12.0. The molecular weight excluding hydrogens is 232 g/mol. The zero-order chi connectivity index (χ0) is 13.2. The summed E-state index contributed by atoms with van der Waals surface area (Å²) in [6.07, 6.45) is 7.31. The normalized spacial score (nSPS) is 24.9. The number of carbonyl (C=O) groups is 2. The van der Waals surface area contributed by atoms with Crippen molar-refractivity contribution >= 4 is 11.9 Å². The molecule has 0 heterocycles. The van der Waals surface area contributed by atoms with Crippen molar-refractivity contribution in [1.29, 1.82) is 0 Å². The monoisotopic (exact) mass is 254 g/mol. The Morgan fingerprint density at radius 3 is 2.22 bits per heavy atom. The minimum atomic E-state index is -0.932. The fraction of sp³-hybridized carbons (Fsp3) is 0.846. The Balaban J connectivity index is 1.97. The summed E-state index contributed by atoms with van der Waals surface area (Å²) >= 11 is 0. The molecule has 0 aromatic heterocycles. The van der Waals surface area contributed by atoms with Gasteiger partial charge in [0.15, 0.2) is 0 Å². The van der Waals surface area contributed by atoms with Gasteiger partial charge in [0, 0.05) is 0 Å². The van der Waals surface area contributed by atoms with Crippen molar-refractivity contribution in [1.82, 2.24) is 5.32 Å². The second-order valence-electron chi connectivity index (χ2n) is 5.70. The predicted octanol–water partition coefficient (Wildman–Crippen LogP) is 1.02. The smallest absolute Gasteiger partial charge is 0.326 e. The first kappa shape index (κ1) is 13.3. The van der Waals surface area contributed by atoms with Gasteiger partial charge < -0.3 is 16.2 Å². The van der Waals surface area contributed by atoms with Crippen LogP contribution in [0.3, 0.4) is 0 Å². The van der Waals surface area contributed by atoms with E-state index < -0.39 is 17.6 Å². The molecule has 1 atom stereocenters. The number of carbonyl (C=O) groups excluding carboxylic acids is 1. The van der Waals surface area contributed by atoms with Crippen molar-refractivity contribution in [3.63, 3.8) is 0 Å². The summed E-state index contributed by atoms with van der Waals surface area (Å²) < 4.78 is 0. The highest BCUT2D eigenvalue weighted by Crippen LogP contribution is 2.31. The van der Waals surface area contributed by atoms with Gasteiger partial charge in [-0.2, -0.15) is 0 Å². The Kier molecular flexibility index (Phi) is 3.90. The summed E-state index contributed by atoms with van der Waals surface area (Å²) in [6.45, 7) is 0. The van der Waals surface area contributed by atoms with Crippen molar-refractivity contribution < 1.29 is 14.7 Å². The van der Waals surface area contributed by atoms with Gasteiger partial charge in [-0.05, 0) is 38.0 Å². The summed E-state index contributed by atoms with van der Waals surface area (Å²) in [5.41, 5.74) is 5.10. The third-order valence-electron chi connectivity index (χ3n) is 4.37. The first-order valence-corrected chi connectivity index (χ1v) is 6.85. The predicted molar refractivity (Wildman–Crippen MR) is 66.9 cm³/mol. The van der Waals surface area contributed by atoms with Crippen molar-refractivity contribution in [3.8, 4) is 0 Å². The van der Waals surface area contributed by atoms with Gasteiger partial charge in [0.05, 0.1) is 5.54 Å². The van der Waals surface area contributed by atoms with E-state index in [1.807, 2.05) is 0 Å². The Bertz CT molecular complexity index is 333. The molecule has 0 radical (unpaired) electrons. The number of hydrogen-bond acceptors (Lipinski definition) is 3. The maximum Gasteiger partial charge on any atom is 0.326 e. The van der Waals surface area contributed by atoms with Crippen LogP contribution >= 0.6 is 0 Å². The standard InChI is InChI=1S/C13H22N2O3/c14-13(7-4-8-13)12(18)15-10(11(16)17)9-5-2-1-3-6-9/h9-10H,1-8,14H2,(H,15,18)(H,16,17). The highest BCUT2D eigenvalue weighted by molar-refractivity contribution is 5.90. The molecular formula is C13H22N2O3. The van der Waals surface area contributed by atoms with E-state index >= 15 is 0 Å². The van der Waals surface area contributed by atoms with Crippen LogP contribution in [0, 0.1) is 5.92 Å². The first-order valence-electron chi connectivity index (χ1n) is 6.85. The van der Waals surface area contributed by atoms with Gasteiger partial charge >= 0.3 is 5.97 Å². The van der Waals surface area contributed by atoms with Gasteiger partial charge in [-0.25, -0.2) is 4.79 Å². The molecule has 1 unspecified atom stereocenters. The third kappa shape index (κ3) is 2.66. The molecule has 0 bridgehead atoms. The second-order valence-corrected chi connectivity index (χ2v) is 5.70. The van der Waals surface area contributed by atoms with Gasteiger partial charge in [-0.15, -0.1) is 0 Å². The van der Waals surface area contributed by atoms with Crippen LogP contribution < -0.4 is 11.1 Å². The number of aliphatic carboxylic acids is 1. The minimum absolute atomic E-state index is 0.0591. The molecule has 102 valence electrons. The lowest BCUT2D eigenvalue weighted by atomic mass is 9.76. The molecule has 0 aliphatic heterocycles. The minimum Gasteiger partial charge on any atom is -0.480 e. The molecule has 4 N–H and O–H groups in total. The Labute approximate surface area is 107 Å². The summed E-state index contributed by atoms with van der Waals surface area (Å²) in [4.78, 5) is 23.3. The van der Waals surface area contributed by atoms with E-state index in [0.717, 1.165) is 38.5 Å². The topological polar surface area (TPSA) is 92.4 Å². The van der Waals surface area contributed by atoms with E-state index in [1.54, 1.807) is 0 Å². The number of carboxylic acids is 1. The quantitative estimate of drug-likeness (QED) is 0.698. The number of nitrogens with two attached hydrogens (primary N) is 1. The molecule has 2 fully saturated rings. The maximum atomic E-state index is 12.0. The van der Waals surface area contributed by atoms with E-state index in [-0.39, 0.29) is 11.8 Å². The fourth-order valence-corrected chi connectivity index (χ4v) is 2.92. The average Bonchev–Trinajstić information content (AvgIpc) is 2.33. The van der Waals surface area contributed by atoms with Crippen LogP contribution in [0.15, 0.2) is 0 Å². The molecule has 18 heavy (non-hydrogen) atoms. The molecule has 0 saturated heterocycles. The molecule has 2 aliphatic rings. The molecule has 1 amide bonds. The Morgan fingerprint density at radius 2 is 1.78 bits per heavy atom. The Morgan fingerprint density at radius 1 is 1.17 bits per heavy atom. The highest BCUT2D eigenvalue weighted by atomic mass is 16.4. The third-order valence-corrected chi connectivity index (χ3v) is 4.37. The van der Waals surface area contributed by atoms with Crippen molar-refractivity contribution in [2.24, 2.45) is 11.7 Å². The van der Waals surface area contributed by atoms with Crippen LogP contribution in [0.1, 0.15) is 51.4 Å². The fourth-order valence-electron chi connectivity index (χ4n) is 2.92. The molecule has 2 rings (SSSR count). The van der Waals surface area contributed by atoms with Gasteiger partial charge in [-0.3, -0.25) is 4.79 Å². The summed E-state index contributed by atoms with van der Waals surface area (Å²) in [5, 5.41) is 11.9. The van der Waals surface area contributed by atoms with E-state index in [9.17, 15) is 14.7 Å².